The van der Waals surface area contributed by atoms with Gasteiger partial charge in [-0.15, -0.1) is 11.8 Å². The van der Waals surface area contributed by atoms with Crippen LogP contribution >= 0.6 is 11.8 Å². The molecule has 0 radical (unpaired) electrons. The molecule has 4 aromatic rings. The van der Waals surface area contributed by atoms with Gasteiger partial charge >= 0.3 is 0 Å². The second kappa shape index (κ2) is 10.8. The summed E-state index contributed by atoms with van der Waals surface area (Å²) in [4.78, 5) is 36.2. The van der Waals surface area contributed by atoms with Gasteiger partial charge in [0.1, 0.15) is 5.54 Å². The Kier molecular flexibility index (Phi) is 7.06. The molecular formula is C31H32N4O3S. The van der Waals surface area contributed by atoms with Crippen LogP contribution in [-0.2, 0) is 16.0 Å². The molecule has 8 heteroatoms. The van der Waals surface area contributed by atoms with Crippen molar-refractivity contribution >= 4 is 45.9 Å². The summed E-state index contributed by atoms with van der Waals surface area (Å²) in [7, 11) is 0. The van der Waals surface area contributed by atoms with Crippen molar-refractivity contribution in [2.45, 2.75) is 23.8 Å². The minimum Gasteiger partial charge on any atom is -0.378 e. The van der Waals surface area contributed by atoms with E-state index in [2.05, 4.69) is 21.3 Å². The summed E-state index contributed by atoms with van der Waals surface area (Å²) in [6, 6.07) is 23.7. The molecule has 1 saturated heterocycles. The number of H-pyrrole nitrogens is 1. The Hall–Kier alpha value is -3.75. The molecule has 6 rings (SSSR count). The van der Waals surface area contributed by atoms with Crippen molar-refractivity contribution in [3.05, 3.63) is 90.1 Å². The number of amides is 2. The van der Waals surface area contributed by atoms with Gasteiger partial charge < -0.3 is 24.8 Å². The maximum Gasteiger partial charge on any atom is 0.255 e. The summed E-state index contributed by atoms with van der Waals surface area (Å²) < 4.78 is 5.46. The van der Waals surface area contributed by atoms with Crippen LogP contribution in [0.25, 0.3) is 10.9 Å². The van der Waals surface area contributed by atoms with Crippen molar-refractivity contribution in [2.24, 2.45) is 0 Å². The van der Waals surface area contributed by atoms with Crippen molar-refractivity contribution in [1.82, 2.24) is 9.88 Å². The summed E-state index contributed by atoms with van der Waals surface area (Å²) in [5.74, 6) is 0.159. The Bertz CT molecular complexity index is 1500. The number of ether oxygens (including phenoxy) is 1. The largest absolute Gasteiger partial charge is 0.378 e. The fourth-order valence-corrected chi connectivity index (χ4v) is 6.59. The van der Waals surface area contributed by atoms with E-state index in [-0.39, 0.29) is 11.8 Å². The zero-order valence-corrected chi connectivity index (χ0v) is 22.8. The number of benzene rings is 3. The Morgan fingerprint density at radius 1 is 1.03 bits per heavy atom. The lowest BCUT2D eigenvalue weighted by Gasteiger charge is -2.38. The van der Waals surface area contributed by atoms with Crippen LogP contribution in [0.5, 0.6) is 0 Å². The number of para-hydroxylation sites is 1. The van der Waals surface area contributed by atoms with Gasteiger partial charge in [-0.05, 0) is 61.4 Å². The van der Waals surface area contributed by atoms with E-state index in [0.717, 1.165) is 53.4 Å². The molecule has 200 valence electrons. The monoisotopic (exact) mass is 540 g/mol. The van der Waals surface area contributed by atoms with Crippen LogP contribution < -0.4 is 10.2 Å². The average molecular weight is 541 g/mol. The molecule has 1 aromatic heterocycles. The molecule has 2 amide bonds. The number of aromatic nitrogens is 1. The highest BCUT2D eigenvalue weighted by Gasteiger charge is 2.45. The molecule has 1 atom stereocenters. The lowest BCUT2D eigenvalue weighted by atomic mass is 9.98. The third-order valence-corrected chi connectivity index (χ3v) is 9.11. The number of hydrogen-bond acceptors (Lipinski definition) is 5. The second-order valence-corrected chi connectivity index (χ2v) is 11.2. The minimum absolute atomic E-state index is 0.115. The SMILES string of the molecule is C[C@]1(C(=O)Nc2ccc(N3CCOCC3)cc2)CSc2ccccc2C(=O)N1CCc1c[nH]c2ccccc12. The highest BCUT2D eigenvalue weighted by molar-refractivity contribution is 7.99. The van der Waals surface area contributed by atoms with E-state index in [0.29, 0.717) is 30.0 Å². The maximum absolute atomic E-state index is 14.0. The number of hydrogen-bond donors (Lipinski definition) is 2. The predicted octanol–water partition coefficient (Wildman–Crippen LogP) is 5.19. The highest BCUT2D eigenvalue weighted by Crippen LogP contribution is 2.36. The van der Waals surface area contributed by atoms with E-state index < -0.39 is 5.54 Å². The molecule has 0 bridgehead atoms. The molecule has 39 heavy (non-hydrogen) atoms. The third kappa shape index (κ3) is 5.02. The Morgan fingerprint density at radius 3 is 2.59 bits per heavy atom. The molecule has 2 aliphatic rings. The van der Waals surface area contributed by atoms with Crippen molar-refractivity contribution in [2.75, 3.05) is 48.8 Å². The molecule has 2 aliphatic heterocycles. The fourth-order valence-electron chi connectivity index (χ4n) is 5.38. The van der Waals surface area contributed by atoms with Gasteiger partial charge in [-0.3, -0.25) is 9.59 Å². The molecule has 0 saturated carbocycles. The number of thioether (sulfide) groups is 1. The minimum atomic E-state index is -1.05. The van der Waals surface area contributed by atoms with Crippen LogP contribution in [0.15, 0.2) is 83.9 Å². The van der Waals surface area contributed by atoms with Crippen molar-refractivity contribution in [3.8, 4) is 0 Å². The maximum atomic E-state index is 14.0. The number of rotatable bonds is 6. The molecule has 3 aromatic carbocycles. The molecule has 7 nitrogen and oxygen atoms in total. The van der Waals surface area contributed by atoms with E-state index in [9.17, 15) is 9.59 Å². The molecule has 0 spiro atoms. The number of carbonyl (C=O) groups is 2. The second-order valence-electron chi connectivity index (χ2n) is 10.2. The highest BCUT2D eigenvalue weighted by atomic mass is 32.2. The summed E-state index contributed by atoms with van der Waals surface area (Å²) in [5.41, 5.74) is 3.62. The van der Waals surface area contributed by atoms with Gasteiger partial charge in [0.25, 0.3) is 11.8 Å². The van der Waals surface area contributed by atoms with Crippen LogP contribution in [0.4, 0.5) is 11.4 Å². The molecule has 0 unspecified atom stereocenters. The van der Waals surface area contributed by atoms with Gasteiger partial charge in [-0.25, -0.2) is 0 Å². The van der Waals surface area contributed by atoms with E-state index >= 15 is 0 Å². The van der Waals surface area contributed by atoms with Gasteiger partial charge in [0.05, 0.1) is 18.8 Å². The predicted molar refractivity (Wildman–Crippen MR) is 157 cm³/mol. The number of aromatic amines is 1. The first-order chi connectivity index (χ1) is 19.0. The van der Waals surface area contributed by atoms with E-state index in [1.807, 2.05) is 79.9 Å². The molecule has 2 N–H and O–H groups in total. The molecule has 0 aliphatic carbocycles. The van der Waals surface area contributed by atoms with Gasteiger partial charge in [0, 0.05) is 58.8 Å². The lowest BCUT2D eigenvalue weighted by Crippen LogP contribution is -2.58. The smallest absolute Gasteiger partial charge is 0.255 e. The number of morpholine rings is 1. The molecular weight excluding hydrogens is 508 g/mol. The lowest BCUT2D eigenvalue weighted by molar-refractivity contribution is -0.124. The standard InChI is InChI=1S/C31H32N4O3S/c1-31(30(37)33-23-10-12-24(13-11-23)34-16-18-38-19-17-34)21-39-28-9-5-3-7-26(28)29(36)35(31)15-14-22-20-32-27-8-4-2-6-25(22)27/h2-13,20,32H,14-19,21H2,1H3,(H,33,37)/t31-/m1/s1. The Labute approximate surface area is 232 Å². The van der Waals surface area contributed by atoms with Crippen molar-refractivity contribution < 1.29 is 14.3 Å². The Morgan fingerprint density at radius 2 is 1.77 bits per heavy atom. The zero-order chi connectivity index (χ0) is 26.8. The Balaban J connectivity index is 1.26. The van der Waals surface area contributed by atoms with Gasteiger partial charge in [-0.2, -0.15) is 0 Å². The number of fused-ring (bicyclic) bond motifs is 2. The van der Waals surface area contributed by atoms with Crippen LogP contribution in [0, 0.1) is 0 Å². The quantitative estimate of drug-likeness (QED) is 0.352. The summed E-state index contributed by atoms with van der Waals surface area (Å²) in [6.45, 7) is 5.47. The van der Waals surface area contributed by atoms with Crippen LogP contribution in [0.2, 0.25) is 0 Å². The molecule has 3 heterocycles. The summed E-state index contributed by atoms with van der Waals surface area (Å²) in [5, 5.41) is 4.25. The van der Waals surface area contributed by atoms with E-state index in [1.165, 1.54) is 0 Å². The topological polar surface area (TPSA) is 77.7 Å². The van der Waals surface area contributed by atoms with Crippen molar-refractivity contribution in [3.63, 3.8) is 0 Å². The number of carbonyl (C=O) groups excluding carboxylic acids is 2. The first-order valence-electron chi connectivity index (χ1n) is 13.4. The normalized spacial score (nSPS) is 19.6. The average Bonchev–Trinajstić information content (AvgIpc) is 3.35. The first-order valence-corrected chi connectivity index (χ1v) is 14.3. The van der Waals surface area contributed by atoms with Gasteiger partial charge in [0.2, 0.25) is 0 Å². The van der Waals surface area contributed by atoms with Crippen LogP contribution in [0.3, 0.4) is 0 Å². The molecule has 1 fully saturated rings. The van der Waals surface area contributed by atoms with E-state index in [1.54, 1.807) is 16.7 Å². The number of nitrogens with zero attached hydrogens (tertiary/aromatic N) is 2. The number of anilines is 2. The summed E-state index contributed by atoms with van der Waals surface area (Å²) in [6.07, 6.45) is 2.64. The van der Waals surface area contributed by atoms with Gasteiger partial charge in [-0.1, -0.05) is 30.3 Å². The van der Waals surface area contributed by atoms with Crippen LogP contribution in [-0.4, -0.2) is 65.8 Å². The zero-order valence-electron chi connectivity index (χ0n) is 22.0. The fraction of sp³-hybridized carbons (Fsp3) is 0.290. The number of nitrogens with one attached hydrogen (secondary N) is 2. The summed E-state index contributed by atoms with van der Waals surface area (Å²) >= 11 is 1.56. The van der Waals surface area contributed by atoms with Crippen molar-refractivity contribution in [1.29, 1.82) is 0 Å². The van der Waals surface area contributed by atoms with Crippen LogP contribution in [0.1, 0.15) is 22.8 Å². The third-order valence-electron chi connectivity index (χ3n) is 7.74. The van der Waals surface area contributed by atoms with Gasteiger partial charge in [0.15, 0.2) is 0 Å². The van der Waals surface area contributed by atoms with E-state index in [4.69, 9.17) is 4.74 Å². The first kappa shape index (κ1) is 25.5.